The number of benzene rings is 1. The monoisotopic (exact) mass is 278 g/mol. The SMILES string of the molecule is O=C1CCc2cc(C(=O)N3CC[C@@H](O)C3)c(F)cc2N1. The first-order chi connectivity index (χ1) is 9.54. The summed E-state index contributed by atoms with van der Waals surface area (Å²) < 4.78 is 14.0. The number of aliphatic hydroxyl groups is 1. The Balaban J connectivity index is 1.90. The van der Waals surface area contributed by atoms with Crippen LogP contribution in [-0.2, 0) is 11.2 Å². The predicted molar refractivity (Wildman–Crippen MR) is 69.9 cm³/mol. The molecule has 3 rings (SSSR count). The Bertz CT molecular complexity index is 588. The molecule has 0 radical (unpaired) electrons. The maximum atomic E-state index is 14.0. The summed E-state index contributed by atoms with van der Waals surface area (Å²) in [6.45, 7) is 0.680. The molecule has 6 heteroatoms. The summed E-state index contributed by atoms with van der Waals surface area (Å²) in [5.41, 5.74) is 1.22. The lowest BCUT2D eigenvalue weighted by molar-refractivity contribution is -0.116. The highest BCUT2D eigenvalue weighted by molar-refractivity contribution is 5.98. The molecule has 1 aromatic rings. The van der Waals surface area contributed by atoms with Crippen molar-refractivity contribution in [2.24, 2.45) is 0 Å². The number of hydrogen-bond donors (Lipinski definition) is 2. The molecule has 1 atom stereocenters. The number of nitrogens with one attached hydrogen (secondary N) is 1. The number of amides is 2. The number of anilines is 1. The Morgan fingerprint density at radius 3 is 2.90 bits per heavy atom. The third-order valence-electron chi connectivity index (χ3n) is 3.77. The largest absolute Gasteiger partial charge is 0.391 e. The number of aryl methyl sites for hydroxylation is 1. The summed E-state index contributed by atoms with van der Waals surface area (Å²) in [7, 11) is 0. The Kier molecular flexibility index (Phi) is 3.17. The van der Waals surface area contributed by atoms with Crippen LogP contribution in [0.25, 0.3) is 0 Å². The fourth-order valence-electron chi connectivity index (χ4n) is 2.66. The first kappa shape index (κ1) is 13.1. The third-order valence-corrected chi connectivity index (χ3v) is 3.77. The van der Waals surface area contributed by atoms with Gasteiger partial charge in [0.15, 0.2) is 0 Å². The molecule has 2 heterocycles. The van der Waals surface area contributed by atoms with E-state index in [0.717, 1.165) is 5.56 Å². The van der Waals surface area contributed by atoms with Crippen LogP contribution in [0.1, 0.15) is 28.8 Å². The zero-order chi connectivity index (χ0) is 14.3. The number of β-amino-alcohol motifs (C(OH)–C–C–N with tert-alkyl or cyclic N) is 1. The van der Waals surface area contributed by atoms with Crippen molar-refractivity contribution >= 4 is 17.5 Å². The van der Waals surface area contributed by atoms with Gasteiger partial charge >= 0.3 is 0 Å². The summed E-state index contributed by atoms with van der Waals surface area (Å²) >= 11 is 0. The van der Waals surface area contributed by atoms with Crippen molar-refractivity contribution in [1.82, 2.24) is 4.90 Å². The van der Waals surface area contributed by atoms with E-state index in [2.05, 4.69) is 5.32 Å². The van der Waals surface area contributed by atoms with Gasteiger partial charge in [0.25, 0.3) is 5.91 Å². The molecule has 1 saturated heterocycles. The van der Waals surface area contributed by atoms with E-state index in [0.29, 0.717) is 31.5 Å². The molecule has 0 unspecified atom stereocenters. The zero-order valence-corrected chi connectivity index (χ0v) is 10.9. The lowest BCUT2D eigenvalue weighted by Gasteiger charge is -2.20. The normalized spacial score (nSPS) is 21.6. The maximum Gasteiger partial charge on any atom is 0.256 e. The van der Waals surface area contributed by atoms with Gasteiger partial charge in [-0.05, 0) is 30.5 Å². The molecule has 0 saturated carbocycles. The molecule has 0 spiro atoms. The van der Waals surface area contributed by atoms with Crippen molar-refractivity contribution in [3.05, 3.63) is 29.1 Å². The lowest BCUT2D eigenvalue weighted by atomic mass is 9.99. The van der Waals surface area contributed by atoms with Crippen LogP contribution in [0.2, 0.25) is 0 Å². The van der Waals surface area contributed by atoms with E-state index in [1.54, 1.807) is 0 Å². The number of aliphatic hydroxyl groups excluding tert-OH is 1. The Morgan fingerprint density at radius 2 is 2.20 bits per heavy atom. The maximum absolute atomic E-state index is 14.0. The van der Waals surface area contributed by atoms with Crippen molar-refractivity contribution in [3.8, 4) is 0 Å². The average Bonchev–Trinajstić information content (AvgIpc) is 2.84. The van der Waals surface area contributed by atoms with E-state index >= 15 is 0 Å². The van der Waals surface area contributed by atoms with Gasteiger partial charge in [0.2, 0.25) is 5.91 Å². The van der Waals surface area contributed by atoms with E-state index in [1.165, 1.54) is 17.0 Å². The number of hydrogen-bond acceptors (Lipinski definition) is 3. The highest BCUT2D eigenvalue weighted by Crippen LogP contribution is 2.27. The van der Waals surface area contributed by atoms with Gasteiger partial charge in [-0.25, -0.2) is 4.39 Å². The average molecular weight is 278 g/mol. The first-order valence-electron chi connectivity index (χ1n) is 6.64. The smallest absolute Gasteiger partial charge is 0.256 e. The van der Waals surface area contributed by atoms with E-state index in [1.807, 2.05) is 0 Å². The lowest BCUT2D eigenvalue weighted by Crippen LogP contribution is -2.30. The second-order valence-electron chi connectivity index (χ2n) is 5.23. The van der Waals surface area contributed by atoms with E-state index in [4.69, 9.17) is 0 Å². The molecular formula is C14H15FN2O3. The van der Waals surface area contributed by atoms with E-state index < -0.39 is 17.8 Å². The Morgan fingerprint density at radius 1 is 1.40 bits per heavy atom. The number of halogens is 1. The number of likely N-dealkylation sites (tertiary alicyclic amines) is 1. The Labute approximate surface area is 115 Å². The fourth-order valence-corrected chi connectivity index (χ4v) is 2.66. The van der Waals surface area contributed by atoms with Crippen molar-refractivity contribution < 1.29 is 19.1 Å². The number of nitrogens with zero attached hydrogens (tertiary/aromatic N) is 1. The minimum Gasteiger partial charge on any atom is -0.391 e. The van der Waals surface area contributed by atoms with Gasteiger partial charge < -0.3 is 15.3 Å². The molecule has 1 aromatic carbocycles. The van der Waals surface area contributed by atoms with Gasteiger partial charge in [0, 0.05) is 25.2 Å². The zero-order valence-electron chi connectivity index (χ0n) is 10.9. The molecule has 106 valence electrons. The summed E-state index contributed by atoms with van der Waals surface area (Å²) in [4.78, 5) is 25.0. The fraction of sp³-hybridized carbons (Fsp3) is 0.429. The van der Waals surface area contributed by atoms with Crippen LogP contribution in [0.4, 0.5) is 10.1 Å². The quantitative estimate of drug-likeness (QED) is 0.802. The molecule has 0 aliphatic carbocycles. The van der Waals surface area contributed by atoms with E-state index in [-0.39, 0.29) is 18.0 Å². The topological polar surface area (TPSA) is 69.6 Å². The van der Waals surface area contributed by atoms with Crippen LogP contribution >= 0.6 is 0 Å². The van der Waals surface area contributed by atoms with Gasteiger partial charge in [0.05, 0.1) is 11.7 Å². The second kappa shape index (κ2) is 4.86. The summed E-state index contributed by atoms with van der Waals surface area (Å²) in [6, 6.07) is 2.71. The number of fused-ring (bicyclic) bond motifs is 1. The van der Waals surface area contributed by atoms with Gasteiger partial charge in [-0.15, -0.1) is 0 Å². The third kappa shape index (κ3) is 2.27. The van der Waals surface area contributed by atoms with Gasteiger partial charge in [0.1, 0.15) is 5.82 Å². The van der Waals surface area contributed by atoms with Crippen LogP contribution < -0.4 is 5.32 Å². The Hall–Kier alpha value is -1.95. The predicted octanol–water partition coefficient (Wildman–Crippen LogP) is 0.917. The molecule has 0 bridgehead atoms. The van der Waals surface area contributed by atoms with Gasteiger partial charge in [-0.1, -0.05) is 0 Å². The molecule has 1 fully saturated rings. The molecular weight excluding hydrogens is 263 g/mol. The van der Waals surface area contributed by atoms with Gasteiger partial charge in [-0.3, -0.25) is 9.59 Å². The molecule has 2 N–H and O–H groups in total. The molecule has 2 aliphatic heterocycles. The van der Waals surface area contributed by atoms with Crippen LogP contribution in [0, 0.1) is 5.82 Å². The molecule has 20 heavy (non-hydrogen) atoms. The highest BCUT2D eigenvalue weighted by atomic mass is 19.1. The standard InChI is InChI=1S/C14H15FN2O3/c15-11-6-12-8(1-2-13(19)16-12)5-10(11)14(20)17-4-3-9(18)7-17/h5-6,9,18H,1-4,7H2,(H,16,19)/t9-/m1/s1. The van der Waals surface area contributed by atoms with Crippen LogP contribution in [0.3, 0.4) is 0 Å². The second-order valence-corrected chi connectivity index (χ2v) is 5.23. The molecule has 2 amide bonds. The first-order valence-corrected chi connectivity index (χ1v) is 6.64. The molecule has 2 aliphatic rings. The van der Waals surface area contributed by atoms with Crippen molar-refractivity contribution in [2.75, 3.05) is 18.4 Å². The van der Waals surface area contributed by atoms with E-state index in [9.17, 15) is 19.1 Å². The van der Waals surface area contributed by atoms with Crippen molar-refractivity contribution in [3.63, 3.8) is 0 Å². The van der Waals surface area contributed by atoms with Crippen LogP contribution in [0.5, 0.6) is 0 Å². The molecule has 5 nitrogen and oxygen atoms in total. The highest BCUT2D eigenvalue weighted by Gasteiger charge is 2.28. The van der Waals surface area contributed by atoms with Crippen LogP contribution in [0.15, 0.2) is 12.1 Å². The van der Waals surface area contributed by atoms with Crippen molar-refractivity contribution in [2.45, 2.75) is 25.4 Å². The van der Waals surface area contributed by atoms with Crippen LogP contribution in [-0.4, -0.2) is 41.0 Å². The number of carbonyl (C=O) groups excluding carboxylic acids is 2. The number of carbonyl (C=O) groups is 2. The summed E-state index contributed by atoms with van der Waals surface area (Å²) in [5, 5.41) is 12.1. The van der Waals surface area contributed by atoms with Crippen molar-refractivity contribution in [1.29, 1.82) is 0 Å². The summed E-state index contributed by atoms with van der Waals surface area (Å²) in [5.74, 6) is -1.19. The minimum absolute atomic E-state index is 0.00833. The number of rotatable bonds is 1. The summed E-state index contributed by atoms with van der Waals surface area (Å²) in [6.07, 6.45) is 0.840. The van der Waals surface area contributed by atoms with Gasteiger partial charge in [-0.2, -0.15) is 0 Å². The minimum atomic E-state index is -0.641. The molecule has 0 aromatic heterocycles.